The van der Waals surface area contributed by atoms with Crippen LogP contribution in [-0.2, 0) is 12.1 Å². The first-order valence-electron chi connectivity index (χ1n) is 13.0. The fourth-order valence-electron chi connectivity index (χ4n) is 4.90. The van der Waals surface area contributed by atoms with Gasteiger partial charge in [0.25, 0.3) is 11.8 Å². The van der Waals surface area contributed by atoms with Crippen LogP contribution in [0.15, 0.2) is 54.7 Å². The molecule has 0 saturated carbocycles. The number of anilines is 1. The smallest absolute Gasteiger partial charge is 0.257 e. The van der Waals surface area contributed by atoms with Gasteiger partial charge in [-0.05, 0) is 73.2 Å². The van der Waals surface area contributed by atoms with E-state index in [1.807, 2.05) is 26.0 Å². The molecule has 0 atom stereocenters. The average Bonchev–Trinajstić information content (AvgIpc) is 2.90. The summed E-state index contributed by atoms with van der Waals surface area (Å²) in [4.78, 5) is 32.5. The summed E-state index contributed by atoms with van der Waals surface area (Å²) in [6.07, 6.45) is 8.27. The Hall–Kier alpha value is -3.98. The van der Waals surface area contributed by atoms with Gasteiger partial charge in [0, 0.05) is 54.6 Å². The van der Waals surface area contributed by atoms with Crippen LogP contribution in [0.1, 0.15) is 75.4 Å². The molecule has 3 aromatic rings. The normalized spacial score (nSPS) is 14.7. The number of carbonyl (C=O) groups excluding carboxylic acids is 2. The number of benzene rings is 2. The minimum absolute atomic E-state index is 0.164. The van der Waals surface area contributed by atoms with Gasteiger partial charge in [0.1, 0.15) is 5.67 Å². The number of aromatic nitrogens is 1. The lowest BCUT2D eigenvalue weighted by atomic mass is 9.85. The minimum Gasteiger partial charge on any atom is -0.338 e. The van der Waals surface area contributed by atoms with Crippen LogP contribution in [0.2, 0.25) is 0 Å². The lowest BCUT2D eigenvalue weighted by Gasteiger charge is -2.37. The van der Waals surface area contributed by atoms with E-state index in [1.54, 1.807) is 47.5 Å². The van der Waals surface area contributed by atoms with E-state index in [9.17, 15) is 9.59 Å². The third kappa shape index (κ3) is 5.94. The number of rotatable bonds is 6. The van der Waals surface area contributed by atoms with Crippen molar-refractivity contribution in [2.24, 2.45) is 5.92 Å². The van der Waals surface area contributed by atoms with Crippen LogP contribution in [-0.4, -0.2) is 34.8 Å². The molecule has 5 nitrogen and oxygen atoms in total. The molecule has 1 fully saturated rings. The summed E-state index contributed by atoms with van der Waals surface area (Å²) in [6, 6.07) is 14.2. The molecule has 0 spiro atoms. The van der Waals surface area contributed by atoms with E-state index in [1.165, 1.54) is 0 Å². The molecular formula is C32H34FN3O2. The summed E-state index contributed by atoms with van der Waals surface area (Å²) < 4.78 is 15.7. The number of nitrogens with zero attached hydrogens (tertiary/aromatic N) is 2. The van der Waals surface area contributed by atoms with Crippen LogP contribution in [0.3, 0.4) is 0 Å². The van der Waals surface area contributed by atoms with Crippen molar-refractivity contribution < 1.29 is 14.0 Å². The highest BCUT2D eigenvalue weighted by molar-refractivity contribution is 6.05. The minimum atomic E-state index is -1.50. The highest BCUT2D eigenvalue weighted by atomic mass is 19.1. The second-order valence-corrected chi connectivity index (χ2v) is 10.6. The van der Waals surface area contributed by atoms with Crippen LogP contribution in [0.25, 0.3) is 0 Å². The number of amides is 2. The van der Waals surface area contributed by atoms with Crippen LogP contribution in [0.4, 0.5) is 10.1 Å². The molecule has 196 valence electrons. The zero-order valence-electron chi connectivity index (χ0n) is 22.5. The van der Waals surface area contributed by atoms with Gasteiger partial charge in [-0.3, -0.25) is 14.6 Å². The zero-order chi connectivity index (χ0) is 27.4. The van der Waals surface area contributed by atoms with Crippen molar-refractivity contribution in [1.82, 2.24) is 9.88 Å². The van der Waals surface area contributed by atoms with E-state index in [0.29, 0.717) is 46.9 Å². The number of carbonyl (C=O) groups is 2. The van der Waals surface area contributed by atoms with Gasteiger partial charge in [0.15, 0.2) is 0 Å². The SMILES string of the molecule is C#Cc1ccc(C2(F)CCN(C(=O)c3cc(NC(=O)c4ccc(CC(C)C)nc4)c(C)cc3C)CC2)cc1. The van der Waals surface area contributed by atoms with Crippen molar-refractivity contribution in [3.05, 3.63) is 93.8 Å². The molecule has 0 bridgehead atoms. The second kappa shape index (κ2) is 11.2. The Labute approximate surface area is 224 Å². The Kier molecular flexibility index (Phi) is 7.97. The van der Waals surface area contributed by atoms with Crippen LogP contribution in [0.5, 0.6) is 0 Å². The molecule has 0 aliphatic carbocycles. The van der Waals surface area contributed by atoms with E-state index < -0.39 is 5.67 Å². The first-order chi connectivity index (χ1) is 18.1. The van der Waals surface area contributed by atoms with Crippen molar-refractivity contribution in [2.75, 3.05) is 18.4 Å². The quantitative estimate of drug-likeness (QED) is 0.399. The largest absolute Gasteiger partial charge is 0.338 e. The Morgan fingerprint density at radius 3 is 2.34 bits per heavy atom. The standard InChI is InChI=1S/C32H34FN3O2/c1-6-24-7-10-26(11-8-24)32(33)13-15-36(16-14-32)31(38)28-19-29(23(5)18-22(28)4)35-30(37)25-9-12-27(34-20-25)17-21(2)3/h1,7-12,18-21H,13-17H2,2-5H3,(H,35,37). The van der Waals surface area contributed by atoms with Crippen molar-refractivity contribution in [2.45, 2.75) is 52.6 Å². The maximum atomic E-state index is 15.7. The first kappa shape index (κ1) is 27.1. The fraction of sp³-hybridized carbons (Fsp3) is 0.344. The molecule has 4 rings (SSSR count). The summed E-state index contributed by atoms with van der Waals surface area (Å²) in [5.74, 6) is 2.58. The molecule has 38 heavy (non-hydrogen) atoms. The Morgan fingerprint density at radius 1 is 1.08 bits per heavy atom. The number of halogens is 1. The number of alkyl halides is 1. The number of hydrogen-bond acceptors (Lipinski definition) is 3. The van der Waals surface area contributed by atoms with Crippen LogP contribution in [0, 0.1) is 32.1 Å². The summed E-state index contributed by atoms with van der Waals surface area (Å²) in [6.45, 7) is 8.62. The van der Waals surface area contributed by atoms with Crippen LogP contribution >= 0.6 is 0 Å². The third-order valence-electron chi connectivity index (χ3n) is 7.17. The summed E-state index contributed by atoms with van der Waals surface area (Å²) in [5.41, 5.74) is 3.94. The molecule has 1 saturated heterocycles. The van der Waals surface area contributed by atoms with Crippen molar-refractivity contribution in [1.29, 1.82) is 0 Å². The van der Waals surface area contributed by atoms with Crippen molar-refractivity contribution in [3.8, 4) is 12.3 Å². The molecule has 6 heteroatoms. The Balaban J connectivity index is 1.46. The van der Waals surface area contributed by atoms with Gasteiger partial charge in [-0.1, -0.05) is 38.0 Å². The fourth-order valence-corrected chi connectivity index (χ4v) is 4.90. The monoisotopic (exact) mass is 511 g/mol. The van der Waals surface area contributed by atoms with Gasteiger partial charge >= 0.3 is 0 Å². The number of pyridine rings is 1. The Bertz CT molecular complexity index is 1360. The van der Waals surface area contributed by atoms with Gasteiger partial charge < -0.3 is 10.2 Å². The van der Waals surface area contributed by atoms with Crippen molar-refractivity contribution >= 4 is 17.5 Å². The van der Waals surface area contributed by atoms with Crippen molar-refractivity contribution in [3.63, 3.8) is 0 Å². The maximum Gasteiger partial charge on any atom is 0.257 e. The highest BCUT2D eigenvalue weighted by Crippen LogP contribution is 2.37. The molecule has 1 aliphatic heterocycles. The van der Waals surface area contributed by atoms with E-state index in [-0.39, 0.29) is 24.7 Å². The first-order valence-corrected chi connectivity index (χ1v) is 13.0. The molecule has 1 aromatic heterocycles. The van der Waals surface area contributed by atoms with E-state index in [2.05, 4.69) is 30.1 Å². The van der Waals surface area contributed by atoms with Gasteiger partial charge in [0.2, 0.25) is 0 Å². The summed E-state index contributed by atoms with van der Waals surface area (Å²) >= 11 is 0. The molecule has 1 aliphatic rings. The summed E-state index contributed by atoms with van der Waals surface area (Å²) in [7, 11) is 0. The van der Waals surface area contributed by atoms with Gasteiger partial charge in [-0.2, -0.15) is 0 Å². The van der Waals surface area contributed by atoms with Crippen LogP contribution < -0.4 is 5.32 Å². The predicted molar refractivity (Wildman–Crippen MR) is 149 cm³/mol. The number of piperidine rings is 1. The molecule has 0 unspecified atom stereocenters. The maximum absolute atomic E-state index is 15.7. The average molecular weight is 512 g/mol. The molecule has 2 amide bonds. The number of terminal acetylenes is 1. The highest BCUT2D eigenvalue weighted by Gasteiger charge is 2.38. The zero-order valence-corrected chi connectivity index (χ0v) is 22.5. The number of likely N-dealkylation sites (tertiary alicyclic amines) is 1. The predicted octanol–water partition coefficient (Wildman–Crippen LogP) is 6.23. The second-order valence-electron chi connectivity index (χ2n) is 10.6. The molecule has 1 N–H and O–H groups in total. The topological polar surface area (TPSA) is 62.3 Å². The van der Waals surface area contributed by atoms with Gasteiger partial charge in [0.05, 0.1) is 5.56 Å². The van der Waals surface area contributed by atoms with Gasteiger partial charge in [-0.25, -0.2) is 4.39 Å². The molecule has 2 heterocycles. The Morgan fingerprint density at radius 2 is 1.76 bits per heavy atom. The van der Waals surface area contributed by atoms with Gasteiger partial charge in [-0.15, -0.1) is 6.42 Å². The van der Waals surface area contributed by atoms with E-state index >= 15 is 4.39 Å². The molecular weight excluding hydrogens is 477 g/mol. The van der Waals surface area contributed by atoms with E-state index in [4.69, 9.17) is 6.42 Å². The molecule has 0 radical (unpaired) electrons. The summed E-state index contributed by atoms with van der Waals surface area (Å²) in [5, 5.41) is 2.93. The lowest BCUT2D eigenvalue weighted by Crippen LogP contribution is -2.43. The number of nitrogens with one attached hydrogen (secondary N) is 1. The number of hydrogen-bond donors (Lipinski definition) is 1. The van der Waals surface area contributed by atoms with E-state index in [0.717, 1.165) is 23.2 Å². The third-order valence-corrected chi connectivity index (χ3v) is 7.17. The lowest BCUT2D eigenvalue weighted by molar-refractivity contribution is 0.0421. The molecule has 2 aromatic carbocycles. The number of aryl methyl sites for hydroxylation is 2.